The summed E-state index contributed by atoms with van der Waals surface area (Å²) in [7, 11) is 0. The Morgan fingerprint density at radius 1 is 1.33 bits per heavy atom. The summed E-state index contributed by atoms with van der Waals surface area (Å²) in [6.07, 6.45) is 3.61. The number of pyridine rings is 1. The summed E-state index contributed by atoms with van der Waals surface area (Å²) >= 11 is 0. The minimum absolute atomic E-state index is 0.180. The SMILES string of the molecule is Cc1c2c(nc3ccc(F)cc13)CC1CCC2O1. The second-order valence-corrected chi connectivity index (χ2v) is 5.29. The zero-order valence-corrected chi connectivity index (χ0v) is 10.2. The molecule has 0 aliphatic carbocycles. The molecule has 2 unspecified atom stereocenters. The van der Waals surface area contributed by atoms with E-state index in [9.17, 15) is 4.39 Å². The van der Waals surface area contributed by atoms with Crippen LogP contribution in [0.1, 0.15) is 35.8 Å². The van der Waals surface area contributed by atoms with Gasteiger partial charge >= 0.3 is 0 Å². The van der Waals surface area contributed by atoms with Gasteiger partial charge in [-0.3, -0.25) is 4.98 Å². The first kappa shape index (κ1) is 10.4. The van der Waals surface area contributed by atoms with Crippen LogP contribution >= 0.6 is 0 Å². The standard InChI is InChI=1S/C15H14FNO/c1-8-11-6-9(16)2-4-12(11)17-13-7-10-3-5-14(18-10)15(8)13/h2,4,6,10,14H,3,5,7H2,1H3. The van der Waals surface area contributed by atoms with E-state index in [2.05, 4.69) is 6.92 Å². The minimum Gasteiger partial charge on any atom is -0.370 e. The molecule has 3 heteroatoms. The Labute approximate surface area is 105 Å². The molecule has 2 aliphatic rings. The molecular weight excluding hydrogens is 229 g/mol. The lowest BCUT2D eigenvalue weighted by atomic mass is 9.95. The van der Waals surface area contributed by atoms with Crippen molar-refractivity contribution in [2.75, 3.05) is 0 Å². The molecule has 1 aromatic heterocycles. The van der Waals surface area contributed by atoms with Gasteiger partial charge in [-0.15, -0.1) is 0 Å². The molecule has 1 fully saturated rings. The van der Waals surface area contributed by atoms with Crippen LogP contribution in [0.4, 0.5) is 4.39 Å². The topological polar surface area (TPSA) is 22.1 Å². The summed E-state index contributed by atoms with van der Waals surface area (Å²) in [4.78, 5) is 4.71. The lowest BCUT2D eigenvalue weighted by Crippen LogP contribution is -2.20. The highest BCUT2D eigenvalue weighted by molar-refractivity contribution is 5.83. The van der Waals surface area contributed by atoms with Crippen LogP contribution < -0.4 is 0 Å². The Hall–Kier alpha value is -1.48. The minimum atomic E-state index is -0.201. The van der Waals surface area contributed by atoms with E-state index in [1.807, 2.05) is 0 Å². The van der Waals surface area contributed by atoms with Gasteiger partial charge in [0.1, 0.15) is 5.82 Å². The molecular formula is C15H14FNO. The number of rotatable bonds is 0. The fourth-order valence-corrected chi connectivity index (χ4v) is 3.34. The number of ether oxygens (including phenoxy) is 1. The van der Waals surface area contributed by atoms with Gasteiger partial charge < -0.3 is 4.74 Å². The lowest BCUT2D eigenvalue weighted by Gasteiger charge is -2.25. The van der Waals surface area contributed by atoms with E-state index in [0.29, 0.717) is 6.10 Å². The van der Waals surface area contributed by atoms with Gasteiger partial charge in [-0.1, -0.05) is 0 Å². The van der Waals surface area contributed by atoms with Crippen molar-refractivity contribution in [1.82, 2.24) is 4.98 Å². The average Bonchev–Trinajstić information content (AvgIpc) is 2.73. The van der Waals surface area contributed by atoms with Crippen LogP contribution in [0.15, 0.2) is 18.2 Å². The highest BCUT2D eigenvalue weighted by Crippen LogP contribution is 2.43. The van der Waals surface area contributed by atoms with E-state index in [0.717, 1.165) is 41.4 Å². The van der Waals surface area contributed by atoms with E-state index in [4.69, 9.17) is 9.72 Å². The normalized spacial score (nSPS) is 25.4. The molecule has 0 radical (unpaired) electrons. The van der Waals surface area contributed by atoms with E-state index >= 15 is 0 Å². The van der Waals surface area contributed by atoms with Crippen molar-refractivity contribution >= 4 is 10.9 Å². The first-order chi connectivity index (χ1) is 8.72. The first-order valence-electron chi connectivity index (χ1n) is 6.46. The van der Waals surface area contributed by atoms with E-state index in [1.54, 1.807) is 12.1 Å². The maximum absolute atomic E-state index is 13.4. The van der Waals surface area contributed by atoms with Gasteiger partial charge in [-0.2, -0.15) is 0 Å². The van der Waals surface area contributed by atoms with Crippen LogP contribution in [0, 0.1) is 12.7 Å². The van der Waals surface area contributed by atoms with E-state index < -0.39 is 0 Å². The fourth-order valence-electron chi connectivity index (χ4n) is 3.34. The van der Waals surface area contributed by atoms with Gasteiger partial charge in [-0.25, -0.2) is 4.39 Å². The zero-order chi connectivity index (χ0) is 12.3. The molecule has 2 atom stereocenters. The highest BCUT2D eigenvalue weighted by atomic mass is 19.1. The Balaban J connectivity index is 2.04. The Bertz CT molecular complexity index is 652. The molecule has 2 aromatic rings. The molecule has 2 aliphatic heterocycles. The predicted octanol–water partition coefficient (Wildman–Crippen LogP) is 3.46. The van der Waals surface area contributed by atoms with Gasteiger partial charge in [0.15, 0.2) is 0 Å². The molecule has 3 heterocycles. The molecule has 0 saturated carbocycles. The molecule has 4 rings (SSSR count). The zero-order valence-electron chi connectivity index (χ0n) is 10.2. The predicted molar refractivity (Wildman–Crippen MR) is 67.0 cm³/mol. The molecule has 0 N–H and O–H groups in total. The van der Waals surface area contributed by atoms with Crippen molar-refractivity contribution in [3.05, 3.63) is 40.8 Å². The highest BCUT2D eigenvalue weighted by Gasteiger charge is 2.36. The van der Waals surface area contributed by atoms with Crippen molar-refractivity contribution in [1.29, 1.82) is 0 Å². The van der Waals surface area contributed by atoms with Gasteiger partial charge in [0.2, 0.25) is 0 Å². The summed E-state index contributed by atoms with van der Waals surface area (Å²) in [6.45, 7) is 2.06. The Morgan fingerprint density at radius 2 is 2.22 bits per heavy atom. The molecule has 0 spiro atoms. The van der Waals surface area contributed by atoms with Gasteiger partial charge in [0, 0.05) is 23.1 Å². The van der Waals surface area contributed by atoms with Crippen molar-refractivity contribution < 1.29 is 9.13 Å². The van der Waals surface area contributed by atoms with Crippen LogP contribution in [-0.4, -0.2) is 11.1 Å². The van der Waals surface area contributed by atoms with E-state index in [1.165, 1.54) is 11.6 Å². The number of halogens is 1. The van der Waals surface area contributed by atoms with Crippen LogP contribution in [0.5, 0.6) is 0 Å². The maximum Gasteiger partial charge on any atom is 0.123 e. The molecule has 1 saturated heterocycles. The second kappa shape index (κ2) is 3.51. The number of hydrogen-bond acceptors (Lipinski definition) is 2. The van der Waals surface area contributed by atoms with E-state index in [-0.39, 0.29) is 11.9 Å². The summed E-state index contributed by atoms with van der Waals surface area (Å²) < 4.78 is 19.3. The van der Waals surface area contributed by atoms with Gasteiger partial charge in [0.25, 0.3) is 0 Å². The monoisotopic (exact) mass is 243 g/mol. The number of aryl methyl sites for hydroxylation is 1. The number of aromatic nitrogens is 1. The van der Waals surface area contributed by atoms with Gasteiger partial charge in [-0.05, 0) is 43.5 Å². The van der Waals surface area contributed by atoms with Crippen LogP contribution in [0.25, 0.3) is 10.9 Å². The van der Waals surface area contributed by atoms with Crippen LogP contribution in [-0.2, 0) is 11.2 Å². The number of benzene rings is 1. The molecule has 2 nitrogen and oxygen atoms in total. The third kappa shape index (κ3) is 1.34. The average molecular weight is 243 g/mol. The van der Waals surface area contributed by atoms with Crippen molar-refractivity contribution in [3.63, 3.8) is 0 Å². The number of fused-ring (bicyclic) bond motifs is 5. The summed E-state index contributed by atoms with van der Waals surface area (Å²) in [5.74, 6) is -0.201. The fraction of sp³-hybridized carbons (Fsp3) is 0.400. The third-order valence-electron chi connectivity index (χ3n) is 4.18. The molecule has 2 bridgehead atoms. The first-order valence-corrected chi connectivity index (χ1v) is 6.46. The lowest BCUT2D eigenvalue weighted by molar-refractivity contribution is 0.0308. The third-order valence-corrected chi connectivity index (χ3v) is 4.18. The van der Waals surface area contributed by atoms with Crippen molar-refractivity contribution in [2.45, 2.75) is 38.4 Å². The largest absolute Gasteiger partial charge is 0.370 e. The van der Waals surface area contributed by atoms with Crippen LogP contribution in [0.3, 0.4) is 0 Å². The van der Waals surface area contributed by atoms with Crippen molar-refractivity contribution in [2.24, 2.45) is 0 Å². The summed E-state index contributed by atoms with van der Waals surface area (Å²) in [5.41, 5.74) is 4.40. The summed E-state index contributed by atoms with van der Waals surface area (Å²) in [5, 5.41) is 0.919. The number of nitrogens with zero attached hydrogens (tertiary/aromatic N) is 1. The smallest absolute Gasteiger partial charge is 0.123 e. The molecule has 0 amide bonds. The molecule has 92 valence electrons. The molecule has 18 heavy (non-hydrogen) atoms. The maximum atomic E-state index is 13.4. The quantitative estimate of drug-likeness (QED) is 0.707. The van der Waals surface area contributed by atoms with Crippen LogP contribution in [0.2, 0.25) is 0 Å². The number of hydrogen-bond donors (Lipinski definition) is 0. The Kier molecular flexibility index (Phi) is 2.04. The molecule has 1 aromatic carbocycles. The summed E-state index contributed by atoms with van der Waals surface area (Å²) in [6, 6.07) is 4.84. The Morgan fingerprint density at radius 3 is 3.11 bits per heavy atom. The van der Waals surface area contributed by atoms with Crippen molar-refractivity contribution in [3.8, 4) is 0 Å². The second-order valence-electron chi connectivity index (χ2n) is 5.29. The van der Waals surface area contributed by atoms with Gasteiger partial charge in [0.05, 0.1) is 17.7 Å².